The number of nitrogens with zero attached hydrogens (tertiary/aromatic N) is 1. The van der Waals surface area contributed by atoms with E-state index in [1.807, 2.05) is 18.0 Å². The first-order chi connectivity index (χ1) is 11.1. The van der Waals surface area contributed by atoms with Crippen molar-refractivity contribution in [1.82, 2.24) is 10.2 Å². The zero-order chi connectivity index (χ0) is 16.8. The van der Waals surface area contributed by atoms with Crippen molar-refractivity contribution in [3.05, 3.63) is 35.9 Å². The zero-order valence-electron chi connectivity index (χ0n) is 14.2. The van der Waals surface area contributed by atoms with Gasteiger partial charge in [-0.15, -0.1) is 6.58 Å². The Hall–Kier alpha value is -2.01. The Morgan fingerprint density at radius 3 is 2.61 bits per heavy atom. The molecule has 1 heterocycles. The second-order valence-corrected chi connectivity index (χ2v) is 5.76. The molecule has 126 valence electrons. The number of rotatable bonds is 6. The summed E-state index contributed by atoms with van der Waals surface area (Å²) in [6.45, 7) is 5.68. The first kappa shape index (κ1) is 17.3. The topological polar surface area (TPSA) is 50.8 Å². The van der Waals surface area contributed by atoms with Crippen LogP contribution in [-0.4, -0.2) is 51.2 Å². The molecular weight excluding hydrogens is 292 g/mol. The lowest BCUT2D eigenvalue weighted by Gasteiger charge is -2.32. The van der Waals surface area contributed by atoms with Gasteiger partial charge in [-0.3, -0.25) is 4.79 Å². The molecule has 0 spiro atoms. The highest BCUT2D eigenvalue weighted by molar-refractivity contribution is 5.95. The van der Waals surface area contributed by atoms with Gasteiger partial charge < -0.3 is 19.7 Å². The Kier molecular flexibility index (Phi) is 6.04. The van der Waals surface area contributed by atoms with Crippen LogP contribution >= 0.6 is 0 Å². The molecule has 5 heteroatoms. The fourth-order valence-corrected chi connectivity index (χ4v) is 3.04. The van der Waals surface area contributed by atoms with E-state index in [-0.39, 0.29) is 11.9 Å². The van der Waals surface area contributed by atoms with Crippen LogP contribution in [0.3, 0.4) is 0 Å². The molecule has 1 fully saturated rings. The summed E-state index contributed by atoms with van der Waals surface area (Å²) in [6.07, 6.45) is 4.38. The number of carbonyl (C=O) groups excluding carboxylic acids is 1. The monoisotopic (exact) mass is 318 g/mol. The summed E-state index contributed by atoms with van der Waals surface area (Å²) in [5, 5.41) is 3.32. The van der Waals surface area contributed by atoms with E-state index in [9.17, 15) is 4.79 Å². The minimum Gasteiger partial charge on any atom is -0.493 e. The van der Waals surface area contributed by atoms with Gasteiger partial charge in [-0.25, -0.2) is 0 Å². The molecule has 0 aliphatic carbocycles. The van der Waals surface area contributed by atoms with E-state index in [0.29, 0.717) is 23.5 Å². The maximum atomic E-state index is 12.9. The van der Waals surface area contributed by atoms with E-state index in [1.165, 1.54) is 0 Å². The first-order valence-electron chi connectivity index (χ1n) is 7.96. The van der Waals surface area contributed by atoms with E-state index in [0.717, 1.165) is 31.5 Å². The van der Waals surface area contributed by atoms with Gasteiger partial charge in [-0.05, 0) is 44.5 Å². The molecule has 0 unspecified atom stereocenters. The molecule has 0 aromatic heterocycles. The van der Waals surface area contributed by atoms with Gasteiger partial charge in [0, 0.05) is 24.2 Å². The summed E-state index contributed by atoms with van der Waals surface area (Å²) in [5.74, 6) is 1.26. The minimum absolute atomic E-state index is 0.0168. The van der Waals surface area contributed by atoms with Crippen molar-refractivity contribution >= 4 is 5.91 Å². The van der Waals surface area contributed by atoms with Crippen molar-refractivity contribution in [3.63, 3.8) is 0 Å². The Labute approximate surface area is 138 Å². The summed E-state index contributed by atoms with van der Waals surface area (Å²) < 4.78 is 10.8. The Bertz CT molecular complexity index is 566. The lowest BCUT2D eigenvalue weighted by atomic mass is 10.0. The molecule has 1 aromatic carbocycles. The van der Waals surface area contributed by atoms with Crippen molar-refractivity contribution in [2.75, 3.05) is 34.4 Å². The van der Waals surface area contributed by atoms with Gasteiger partial charge in [0.25, 0.3) is 5.91 Å². The van der Waals surface area contributed by atoms with Gasteiger partial charge in [-0.1, -0.05) is 6.08 Å². The number of benzene rings is 1. The fourth-order valence-electron chi connectivity index (χ4n) is 3.04. The number of carbonyl (C=O) groups is 1. The molecule has 0 atom stereocenters. The van der Waals surface area contributed by atoms with Crippen molar-refractivity contribution in [1.29, 1.82) is 0 Å². The van der Waals surface area contributed by atoms with E-state index in [2.05, 4.69) is 11.9 Å². The van der Waals surface area contributed by atoms with E-state index in [1.54, 1.807) is 26.4 Å². The Balaban J connectivity index is 2.31. The minimum atomic E-state index is 0.0168. The van der Waals surface area contributed by atoms with Gasteiger partial charge in [0.15, 0.2) is 11.5 Å². The highest BCUT2D eigenvalue weighted by atomic mass is 16.5. The van der Waals surface area contributed by atoms with Gasteiger partial charge in [0.1, 0.15) is 0 Å². The molecule has 1 amide bonds. The van der Waals surface area contributed by atoms with Crippen LogP contribution in [0.4, 0.5) is 0 Å². The number of allylic oxidation sites excluding steroid dienone is 1. The van der Waals surface area contributed by atoms with Crippen molar-refractivity contribution in [3.8, 4) is 11.5 Å². The average molecular weight is 318 g/mol. The van der Waals surface area contributed by atoms with Crippen LogP contribution in [0, 0.1) is 0 Å². The molecule has 0 saturated carbocycles. The molecule has 1 aromatic rings. The predicted molar refractivity (Wildman–Crippen MR) is 91.4 cm³/mol. The molecule has 5 nitrogen and oxygen atoms in total. The quantitative estimate of drug-likeness (QED) is 0.818. The molecule has 1 saturated heterocycles. The molecule has 1 N–H and O–H groups in total. The van der Waals surface area contributed by atoms with Crippen LogP contribution < -0.4 is 14.8 Å². The van der Waals surface area contributed by atoms with E-state index >= 15 is 0 Å². The lowest BCUT2D eigenvalue weighted by molar-refractivity contribution is 0.0702. The third-order valence-electron chi connectivity index (χ3n) is 4.34. The molecule has 23 heavy (non-hydrogen) atoms. The van der Waals surface area contributed by atoms with Gasteiger partial charge in [0.05, 0.1) is 14.2 Å². The van der Waals surface area contributed by atoms with Gasteiger partial charge in [-0.2, -0.15) is 0 Å². The predicted octanol–water partition coefficient (Wildman–Crippen LogP) is 2.26. The first-order valence-corrected chi connectivity index (χ1v) is 7.96. The summed E-state index contributed by atoms with van der Waals surface area (Å²) >= 11 is 0. The Morgan fingerprint density at radius 1 is 1.35 bits per heavy atom. The standard InChI is InChI=1S/C18H26N2O3/c1-5-6-13-11-14(12-16(22-3)17(13)23-4)18(21)20(2)15-7-9-19-10-8-15/h5,11-12,15,19H,1,6-10H2,2-4H3. The van der Waals surface area contributed by atoms with Crippen LogP contribution in [0.2, 0.25) is 0 Å². The number of hydrogen-bond donors (Lipinski definition) is 1. The van der Waals surface area contributed by atoms with Crippen molar-refractivity contribution in [2.24, 2.45) is 0 Å². The molecular formula is C18H26N2O3. The van der Waals surface area contributed by atoms with Crippen LogP contribution in [0.25, 0.3) is 0 Å². The zero-order valence-corrected chi connectivity index (χ0v) is 14.2. The SMILES string of the molecule is C=CCc1cc(C(=O)N(C)C2CCNCC2)cc(OC)c1OC. The number of methoxy groups -OCH3 is 2. The summed E-state index contributed by atoms with van der Waals surface area (Å²) in [7, 11) is 5.07. The highest BCUT2D eigenvalue weighted by Crippen LogP contribution is 2.33. The van der Waals surface area contributed by atoms with Crippen LogP contribution in [-0.2, 0) is 6.42 Å². The maximum Gasteiger partial charge on any atom is 0.253 e. The second kappa shape index (κ2) is 8.02. The molecule has 0 bridgehead atoms. The molecule has 1 aliphatic rings. The van der Waals surface area contributed by atoms with E-state index < -0.39 is 0 Å². The number of amides is 1. The van der Waals surface area contributed by atoms with E-state index in [4.69, 9.17) is 9.47 Å². The number of ether oxygens (including phenoxy) is 2. The summed E-state index contributed by atoms with van der Waals surface area (Å²) in [4.78, 5) is 14.7. The maximum absolute atomic E-state index is 12.9. The van der Waals surface area contributed by atoms with Crippen molar-refractivity contribution < 1.29 is 14.3 Å². The normalized spacial score (nSPS) is 15.1. The van der Waals surface area contributed by atoms with Crippen LogP contribution in [0.1, 0.15) is 28.8 Å². The Morgan fingerprint density at radius 2 is 2.04 bits per heavy atom. The van der Waals surface area contributed by atoms with Crippen molar-refractivity contribution in [2.45, 2.75) is 25.3 Å². The van der Waals surface area contributed by atoms with Gasteiger partial charge >= 0.3 is 0 Å². The number of piperidine rings is 1. The number of hydrogen-bond acceptors (Lipinski definition) is 4. The average Bonchev–Trinajstić information content (AvgIpc) is 2.60. The smallest absolute Gasteiger partial charge is 0.253 e. The summed E-state index contributed by atoms with van der Waals surface area (Å²) in [6, 6.07) is 3.91. The second-order valence-electron chi connectivity index (χ2n) is 5.76. The molecule has 2 rings (SSSR count). The number of nitrogens with one attached hydrogen (secondary N) is 1. The van der Waals surface area contributed by atoms with Crippen LogP contribution in [0.5, 0.6) is 11.5 Å². The molecule has 1 aliphatic heterocycles. The fraction of sp³-hybridized carbons (Fsp3) is 0.500. The third kappa shape index (κ3) is 3.85. The summed E-state index contributed by atoms with van der Waals surface area (Å²) in [5.41, 5.74) is 1.53. The van der Waals surface area contributed by atoms with Gasteiger partial charge in [0.2, 0.25) is 0 Å². The largest absolute Gasteiger partial charge is 0.493 e. The highest BCUT2D eigenvalue weighted by Gasteiger charge is 2.24. The van der Waals surface area contributed by atoms with Crippen LogP contribution in [0.15, 0.2) is 24.8 Å². The molecule has 0 radical (unpaired) electrons. The third-order valence-corrected chi connectivity index (χ3v) is 4.34. The lowest BCUT2D eigenvalue weighted by Crippen LogP contribution is -2.44.